The zero-order chi connectivity index (χ0) is 20.4. The van der Waals surface area contributed by atoms with Gasteiger partial charge in [-0.05, 0) is 30.2 Å². The van der Waals surface area contributed by atoms with E-state index < -0.39 is 11.7 Å². The van der Waals surface area contributed by atoms with Crippen LogP contribution in [0.25, 0.3) is 10.9 Å². The van der Waals surface area contributed by atoms with Gasteiger partial charge >= 0.3 is 0 Å². The molecule has 2 N–H and O–H groups in total. The van der Waals surface area contributed by atoms with Crippen LogP contribution >= 0.6 is 0 Å². The van der Waals surface area contributed by atoms with Crippen molar-refractivity contribution in [3.63, 3.8) is 0 Å². The van der Waals surface area contributed by atoms with Gasteiger partial charge in [0.2, 0.25) is 11.8 Å². The Morgan fingerprint density at radius 1 is 1.31 bits per heavy atom. The van der Waals surface area contributed by atoms with Crippen LogP contribution in [0.1, 0.15) is 12.0 Å². The maximum absolute atomic E-state index is 14.2. The highest BCUT2D eigenvalue weighted by molar-refractivity contribution is 6.05. The van der Waals surface area contributed by atoms with E-state index in [2.05, 4.69) is 15.5 Å². The summed E-state index contributed by atoms with van der Waals surface area (Å²) in [5.74, 6) is -0.395. The quantitative estimate of drug-likeness (QED) is 0.670. The Morgan fingerprint density at radius 2 is 2.14 bits per heavy atom. The number of carbonyl (C=O) groups excluding carboxylic acids is 2. The molecule has 29 heavy (non-hydrogen) atoms. The van der Waals surface area contributed by atoms with Gasteiger partial charge in [-0.25, -0.2) is 4.39 Å². The number of aromatic amines is 1. The number of nitrogens with one attached hydrogen (secondary N) is 2. The zero-order valence-corrected chi connectivity index (χ0v) is 15.9. The highest BCUT2D eigenvalue weighted by Crippen LogP contribution is 2.31. The number of methoxy groups -OCH3 is 1. The summed E-state index contributed by atoms with van der Waals surface area (Å²) in [6, 6.07) is 12.2. The molecule has 0 unspecified atom stereocenters. The smallest absolute Gasteiger partial charge is 0.229 e. The Morgan fingerprint density at radius 3 is 2.97 bits per heavy atom. The van der Waals surface area contributed by atoms with Gasteiger partial charge in [0.15, 0.2) is 5.82 Å². The Kier molecular flexibility index (Phi) is 5.16. The van der Waals surface area contributed by atoms with Gasteiger partial charge < -0.3 is 10.1 Å². The molecule has 1 saturated heterocycles. The highest BCUT2D eigenvalue weighted by atomic mass is 19.1. The van der Waals surface area contributed by atoms with Crippen molar-refractivity contribution in [2.75, 3.05) is 25.1 Å². The number of H-pyrrole nitrogens is 1. The lowest BCUT2D eigenvalue weighted by Gasteiger charge is -2.15. The van der Waals surface area contributed by atoms with Gasteiger partial charge in [0.05, 0.1) is 23.9 Å². The van der Waals surface area contributed by atoms with Gasteiger partial charge in [0, 0.05) is 19.5 Å². The minimum absolute atomic E-state index is 0.0727. The van der Waals surface area contributed by atoms with E-state index in [4.69, 9.17) is 4.74 Å². The van der Waals surface area contributed by atoms with Crippen LogP contribution in [0.15, 0.2) is 42.5 Å². The molecule has 0 aliphatic carbocycles. The summed E-state index contributed by atoms with van der Waals surface area (Å²) in [5, 5.41) is 9.98. The van der Waals surface area contributed by atoms with Crippen LogP contribution in [0.5, 0.6) is 5.75 Å². The summed E-state index contributed by atoms with van der Waals surface area (Å²) < 4.78 is 19.5. The van der Waals surface area contributed by atoms with Gasteiger partial charge in [-0.1, -0.05) is 24.3 Å². The number of halogens is 1. The second kappa shape index (κ2) is 7.90. The third-order valence-corrected chi connectivity index (χ3v) is 5.16. The number of ether oxygens (including phenoxy) is 1. The van der Waals surface area contributed by atoms with Crippen molar-refractivity contribution in [3.05, 3.63) is 53.8 Å². The van der Waals surface area contributed by atoms with Crippen molar-refractivity contribution >= 4 is 28.5 Å². The van der Waals surface area contributed by atoms with E-state index in [9.17, 15) is 14.0 Å². The van der Waals surface area contributed by atoms with Crippen molar-refractivity contribution < 1.29 is 18.7 Å². The molecule has 0 spiro atoms. The molecule has 2 heterocycles. The third kappa shape index (κ3) is 3.65. The maximum atomic E-state index is 14.2. The van der Waals surface area contributed by atoms with Crippen molar-refractivity contribution in [1.29, 1.82) is 0 Å². The van der Waals surface area contributed by atoms with Crippen LogP contribution in [0.4, 0.5) is 10.2 Å². The average molecular weight is 396 g/mol. The standard InChI is InChI=1S/C21H21FN4O3/c1-29-17-8-3-2-5-13(17)9-10-23-21(28)14-11-18(27)26(12-14)20-19-15(22)6-4-7-16(19)24-25-20/h2-8,14H,9-12H2,1H3,(H,23,28)(H,24,25)/t14-/m1/s1. The molecule has 3 aromatic rings. The van der Waals surface area contributed by atoms with Gasteiger partial charge in [0.1, 0.15) is 11.6 Å². The first-order chi connectivity index (χ1) is 14.1. The third-order valence-electron chi connectivity index (χ3n) is 5.16. The summed E-state index contributed by atoms with van der Waals surface area (Å²) in [7, 11) is 1.61. The van der Waals surface area contributed by atoms with Gasteiger partial charge in [-0.2, -0.15) is 5.10 Å². The number of hydrogen-bond donors (Lipinski definition) is 2. The Bertz CT molecular complexity index is 1070. The molecule has 1 aliphatic heterocycles. The van der Waals surface area contributed by atoms with Crippen molar-refractivity contribution in [2.24, 2.45) is 5.92 Å². The molecule has 1 atom stereocenters. The molecular weight excluding hydrogens is 375 g/mol. The molecular formula is C21H21FN4O3. The van der Waals surface area contributed by atoms with Gasteiger partial charge in [-0.3, -0.25) is 19.6 Å². The zero-order valence-electron chi connectivity index (χ0n) is 15.9. The molecule has 150 valence electrons. The van der Waals surface area contributed by atoms with Crippen molar-refractivity contribution in [3.8, 4) is 5.75 Å². The number of carbonyl (C=O) groups is 2. The van der Waals surface area contributed by atoms with E-state index in [1.807, 2.05) is 24.3 Å². The largest absolute Gasteiger partial charge is 0.496 e. The number of para-hydroxylation sites is 1. The first-order valence-electron chi connectivity index (χ1n) is 9.41. The first-order valence-corrected chi connectivity index (χ1v) is 9.41. The van der Waals surface area contributed by atoms with E-state index >= 15 is 0 Å². The van der Waals surface area contributed by atoms with Crippen LogP contribution in [0.3, 0.4) is 0 Å². The number of nitrogens with zero attached hydrogens (tertiary/aromatic N) is 2. The lowest BCUT2D eigenvalue weighted by atomic mass is 10.1. The number of rotatable bonds is 6. The summed E-state index contributed by atoms with van der Waals surface area (Å²) in [5.41, 5.74) is 1.51. The number of amides is 2. The molecule has 7 nitrogen and oxygen atoms in total. The summed E-state index contributed by atoms with van der Waals surface area (Å²) in [6.45, 7) is 0.609. The number of aromatic nitrogens is 2. The van der Waals surface area contributed by atoms with E-state index in [1.165, 1.54) is 11.0 Å². The van der Waals surface area contributed by atoms with Crippen molar-refractivity contribution in [2.45, 2.75) is 12.8 Å². The predicted molar refractivity (Wildman–Crippen MR) is 106 cm³/mol. The molecule has 1 aliphatic rings. The van der Waals surface area contributed by atoms with E-state index in [1.54, 1.807) is 19.2 Å². The monoisotopic (exact) mass is 396 g/mol. The SMILES string of the molecule is COc1ccccc1CCNC(=O)[C@@H]1CC(=O)N(c2n[nH]c3cccc(F)c23)C1. The molecule has 4 rings (SSSR count). The summed E-state index contributed by atoms with van der Waals surface area (Å²) in [6.07, 6.45) is 0.693. The summed E-state index contributed by atoms with van der Waals surface area (Å²) >= 11 is 0. The van der Waals surface area contributed by atoms with E-state index in [0.29, 0.717) is 18.5 Å². The highest BCUT2D eigenvalue weighted by Gasteiger charge is 2.37. The Balaban J connectivity index is 1.40. The lowest BCUT2D eigenvalue weighted by Crippen LogP contribution is -2.34. The fraction of sp³-hybridized carbons (Fsp3) is 0.286. The Hall–Kier alpha value is -3.42. The van der Waals surface area contributed by atoms with Crippen LogP contribution in [-0.2, 0) is 16.0 Å². The average Bonchev–Trinajstić information content (AvgIpc) is 3.32. The van der Waals surface area contributed by atoms with Gasteiger partial charge in [-0.15, -0.1) is 0 Å². The maximum Gasteiger partial charge on any atom is 0.229 e. The van der Waals surface area contributed by atoms with Crippen LogP contribution in [0, 0.1) is 11.7 Å². The molecule has 2 aromatic carbocycles. The molecule has 2 amide bonds. The minimum Gasteiger partial charge on any atom is -0.496 e. The topological polar surface area (TPSA) is 87.3 Å². The number of fused-ring (bicyclic) bond motifs is 1. The van der Waals surface area contributed by atoms with Crippen LogP contribution < -0.4 is 15.0 Å². The number of anilines is 1. The fourth-order valence-electron chi connectivity index (χ4n) is 3.67. The molecule has 0 bridgehead atoms. The minimum atomic E-state index is -0.501. The number of benzene rings is 2. The predicted octanol–water partition coefficient (Wildman–Crippen LogP) is 2.42. The van der Waals surface area contributed by atoms with E-state index in [0.717, 1.165) is 11.3 Å². The van der Waals surface area contributed by atoms with Crippen LogP contribution in [0.2, 0.25) is 0 Å². The lowest BCUT2D eigenvalue weighted by molar-refractivity contribution is -0.126. The number of hydrogen-bond acceptors (Lipinski definition) is 4. The second-order valence-corrected chi connectivity index (χ2v) is 6.97. The van der Waals surface area contributed by atoms with Gasteiger partial charge in [0.25, 0.3) is 0 Å². The fourth-order valence-corrected chi connectivity index (χ4v) is 3.67. The molecule has 0 radical (unpaired) electrons. The van der Waals surface area contributed by atoms with Crippen LogP contribution in [-0.4, -0.2) is 42.2 Å². The normalized spacial score (nSPS) is 16.4. The first kappa shape index (κ1) is 18.9. The summed E-state index contributed by atoms with van der Waals surface area (Å²) in [4.78, 5) is 26.4. The molecule has 0 saturated carbocycles. The van der Waals surface area contributed by atoms with Crippen molar-refractivity contribution in [1.82, 2.24) is 15.5 Å². The van der Waals surface area contributed by atoms with E-state index in [-0.39, 0.29) is 36.0 Å². The molecule has 8 heteroatoms. The molecule has 1 aromatic heterocycles. The molecule has 1 fully saturated rings. The second-order valence-electron chi connectivity index (χ2n) is 6.97. The Labute approximate surface area is 166 Å².